The number of hydrogen-bond donors (Lipinski definition) is 0. The fourth-order valence-corrected chi connectivity index (χ4v) is 0.493. The van der Waals surface area contributed by atoms with Crippen LogP contribution in [0.1, 0.15) is 20.3 Å². The van der Waals surface area contributed by atoms with Crippen molar-refractivity contribution in [1.29, 1.82) is 0 Å². The van der Waals surface area contributed by atoms with Gasteiger partial charge in [-0.2, -0.15) is 0 Å². The molecule has 52 valence electrons. The van der Waals surface area contributed by atoms with Crippen molar-refractivity contribution in [3.8, 4) is 0 Å². The molecule has 0 radical (unpaired) electrons. The Labute approximate surface area is 59.7 Å². The molecule has 0 aromatic heterocycles. The second kappa shape index (κ2) is 4.56. The summed E-state index contributed by atoms with van der Waals surface area (Å²) in [6, 6.07) is 0. The van der Waals surface area contributed by atoms with Crippen LogP contribution in [-0.4, -0.2) is 17.2 Å². The number of thioether (sulfide) groups is 1. The smallest absolute Gasteiger partial charge is 0.246 e. The normalized spacial score (nSPS) is 11.7. The lowest BCUT2D eigenvalue weighted by Gasteiger charge is -1.90. The van der Waals surface area contributed by atoms with Gasteiger partial charge in [-0.25, -0.2) is 4.99 Å². The summed E-state index contributed by atoms with van der Waals surface area (Å²) in [4.78, 5) is 14.3. The summed E-state index contributed by atoms with van der Waals surface area (Å²) in [6.45, 7) is 3.64. The highest BCUT2D eigenvalue weighted by atomic mass is 32.2. The summed E-state index contributed by atoms with van der Waals surface area (Å²) in [7, 11) is 0. The van der Waals surface area contributed by atoms with Gasteiger partial charge in [-0.3, -0.25) is 4.79 Å². The maximum Gasteiger partial charge on any atom is 0.246 e. The molecule has 0 unspecified atom stereocenters. The third kappa shape index (κ3) is 4.21. The van der Waals surface area contributed by atoms with Crippen LogP contribution in [0, 0.1) is 0 Å². The number of hydrogen-bond acceptors (Lipinski definition) is 2. The SMILES string of the molecule is CCC(=O)/N=C(\C)SC. The summed E-state index contributed by atoms with van der Waals surface area (Å²) in [5.74, 6) is -0.0400. The molecule has 0 saturated heterocycles. The predicted octanol–water partition coefficient (Wildman–Crippen LogP) is 1.70. The first kappa shape index (κ1) is 8.69. The van der Waals surface area contributed by atoms with Crippen LogP contribution in [0.25, 0.3) is 0 Å². The molecular formula is C6H11NOS. The van der Waals surface area contributed by atoms with Gasteiger partial charge in [0.05, 0.1) is 5.04 Å². The molecule has 0 N–H and O–H groups in total. The molecule has 0 rings (SSSR count). The van der Waals surface area contributed by atoms with Crippen LogP contribution >= 0.6 is 11.8 Å². The van der Waals surface area contributed by atoms with Crippen LogP contribution in [0.15, 0.2) is 4.99 Å². The van der Waals surface area contributed by atoms with Gasteiger partial charge in [0.25, 0.3) is 0 Å². The van der Waals surface area contributed by atoms with Crippen molar-refractivity contribution in [2.45, 2.75) is 20.3 Å². The Kier molecular flexibility index (Phi) is 4.40. The average molecular weight is 145 g/mol. The number of amides is 1. The molecule has 0 fully saturated rings. The predicted molar refractivity (Wildman–Crippen MR) is 41.9 cm³/mol. The second-order valence-electron chi connectivity index (χ2n) is 1.58. The third-order valence-corrected chi connectivity index (χ3v) is 1.56. The topological polar surface area (TPSA) is 29.4 Å². The van der Waals surface area contributed by atoms with Crippen molar-refractivity contribution >= 4 is 22.7 Å². The molecular weight excluding hydrogens is 134 g/mol. The van der Waals surface area contributed by atoms with Gasteiger partial charge in [0.2, 0.25) is 5.91 Å². The highest BCUT2D eigenvalue weighted by Gasteiger charge is 1.92. The Balaban J connectivity index is 3.79. The Morgan fingerprint density at radius 3 is 2.56 bits per heavy atom. The first-order valence-electron chi connectivity index (χ1n) is 2.82. The molecule has 9 heavy (non-hydrogen) atoms. The number of carbonyl (C=O) groups is 1. The fraction of sp³-hybridized carbons (Fsp3) is 0.667. The van der Waals surface area contributed by atoms with Crippen LogP contribution in [0.3, 0.4) is 0 Å². The average Bonchev–Trinajstić information content (AvgIpc) is 1.87. The first-order valence-corrected chi connectivity index (χ1v) is 4.05. The molecule has 0 aliphatic carbocycles. The van der Waals surface area contributed by atoms with Crippen LogP contribution in [0.2, 0.25) is 0 Å². The largest absolute Gasteiger partial charge is 0.273 e. The molecule has 1 amide bonds. The van der Waals surface area contributed by atoms with E-state index in [2.05, 4.69) is 4.99 Å². The molecule has 0 aromatic rings. The van der Waals surface area contributed by atoms with Crippen molar-refractivity contribution in [2.75, 3.05) is 6.26 Å². The van der Waals surface area contributed by atoms with E-state index in [9.17, 15) is 4.79 Å². The lowest BCUT2D eigenvalue weighted by atomic mass is 10.5. The minimum Gasteiger partial charge on any atom is -0.273 e. The number of nitrogens with zero attached hydrogens (tertiary/aromatic N) is 1. The standard InChI is InChI=1S/C6H11NOS/c1-4-6(8)7-5(2)9-3/h4H2,1-3H3/b7-5+. The zero-order valence-electron chi connectivity index (χ0n) is 5.97. The van der Waals surface area contributed by atoms with E-state index in [4.69, 9.17) is 0 Å². The zero-order chi connectivity index (χ0) is 7.28. The Hall–Kier alpha value is -0.310. The van der Waals surface area contributed by atoms with Crippen LogP contribution < -0.4 is 0 Å². The van der Waals surface area contributed by atoms with E-state index < -0.39 is 0 Å². The third-order valence-electron chi connectivity index (χ3n) is 0.880. The highest BCUT2D eigenvalue weighted by Crippen LogP contribution is 1.97. The molecule has 0 bridgehead atoms. The van der Waals surface area contributed by atoms with Gasteiger partial charge in [-0.15, -0.1) is 11.8 Å². The van der Waals surface area contributed by atoms with E-state index in [0.717, 1.165) is 5.04 Å². The molecule has 0 saturated carbocycles. The molecule has 2 nitrogen and oxygen atoms in total. The molecule has 0 spiro atoms. The van der Waals surface area contributed by atoms with E-state index in [1.54, 1.807) is 6.92 Å². The van der Waals surface area contributed by atoms with Crippen molar-refractivity contribution in [3.63, 3.8) is 0 Å². The quantitative estimate of drug-likeness (QED) is 0.415. The van der Waals surface area contributed by atoms with Gasteiger partial charge in [0.1, 0.15) is 0 Å². The molecule has 0 heterocycles. The van der Waals surface area contributed by atoms with Gasteiger partial charge < -0.3 is 0 Å². The van der Waals surface area contributed by atoms with E-state index in [0.29, 0.717) is 6.42 Å². The van der Waals surface area contributed by atoms with E-state index in [1.807, 2.05) is 13.2 Å². The summed E-state index contributed by atoms with van der Waals surface area (Å²) in [5.41, 5.74) is 0. The number of carbonyl (C=O) groups excluding carboxylic acids is 1. The van der Waals surface area contributed by atoms with E-state index in [1.165, 1.54) is 11.8 Å². The van der Waals surface area contributed by atoms with Crippen LogP contribution in [0.5, 0.6) is 0 Å². The zero-order valence-corrected chi connectivity index (χ0v) is 6.79. The van der Waals surface area contributed by atoms with E-state index >= 15 is 0 Å². The molecule has 0 atom stereocenters. The Bertz CT molecular complexity index is 131. The minimum absolute atomic E-state index is 0.0400. The lowest BCUT2D eigenvalue weighted by Crippen LogP contribution is -1.93. The number of rotatable bonds is 1. The second-order valence-corrected chi connectivity index (χ2v) is 2.58. The van der Waals surface area contributed by atoms with Crippen molar-refractivity contribution in [3.05, 3.63) is 0 Å². The molecule has 3 heteroatoms. The van der Waals surface area contributed by atoms with Gasteiger partial charge in [0.15, 0.2) is 0 Å². The Morgan fingerprint density at radius 2 is 2.22 bits per heavy atom. The molecule has 0 aliphatic heterocycles. The minimum atomic E-state index is -0.0400. The van der Waals surface area contributed by atoms with Gasteiger partial charge in [-0.05, 0) is 13.2 Å². The van der Waals surface area contributed by atoms with Crippen molar-refractivity contribution in [2.24, 2.45) is 4.99 Å². The lowest BCUT2D eigenvalue weighted by molar-refractivity contribution is -0.117. The molecule has 0 aromatic carbocycles. The van der Waals surface area contributed by atoms with Gasteiger partial charge >= 0.3 is 0 Å². The highest BCUT2D eigenvalue weighted by molar-refractivity contribution is 8.13. The molecule has 0 aliphatic rings. The number of aliphatic imine (C=N–C) groups is 1. The van der Waals surface area contributed by atoms with Crippen molar-refractivity contribution < 1.29 is 4.79 Å². The van der Waals surface area contributed by atoms with E-state index in [-0.39, 0.29) is 5.91 Å². The maximum absolute atomic E-state index is 10.6. The summed E-state index contributed by atoms with van der Waals surface area (Å²) >= 11 is 1.50. The van der Waals surface area contributed by atoms with Crippen molar-refractivity contribution in [1.82, 2.24) is 0 Å². The summed E-state index contributed by atoms with van der Waals surface area (Å²) in [6.07, 6.45) is 2.40. The van der Waals surface area contributed by atoms with Crippen LogP contribution in [-0.2, 0) is 4.79 Å². The van der Waals surface area contributed by atoms with Crippen LogP contribution in [0.4, 0.5) is 0 Å². The fourth-order valence-electron chi connectivity index (χ4n) is 0.300. The first-order chi connectivity index (χ1) is 4.20. The van der Waals surface area contributed by atoms with Gasteiger partial charge in [-0.1, -0.05) is 6.92 Å². The summed E-state index contributed by atoms with van der Waals surface area (Å²) < 4.78 is 0. The monoisotopic (exact) mass is 145 g/mol. The Morgan fingerprint density at radius 1 is 1.67 bits per heavy atom. The maximum atomic E-state index is 10.6. The van der Waals surface area contributed by atoms with Gasteiger partial charge in [0, 0.05) is 6.42 Å². The summed E-state index contributed by atoms with van der Waals surface area (Å²) in [5, 5.41) is 0.835.